The summed E-state index contributed by atoms with van der Waals surface area (Å²) in [4.78, 5) is 31.4. The average Bonchev–Trinajstić information content (AvgIpc) is 2.79. The molecule has 0 radical (unpaired) electrons. The first-order valence-electron chi connectivity index (χ1n) is 10.8. The van der Waals surface area contributed by atoms with Crippen molar-refractivity contribution in [1.82, 2.24) is 20.5 Å². The van der Waals surface area contributed by atoms with Gasteiger partial charge in [0.1, 0.15) is 0 Å². The minimum Gasteiger partial charge on any atom is -0.356 e. The van der Waals surface area contributed by atoms with Gasteiger partial charge in [0.25, 0.3) is 0 Å². The molecule has 2 aromatic rings. The fourth-order valence-corrected chi connectivity index (χ4v) is 3.85. The first-order chi connectivity index (χ1) is 14.6. The van der Waals surface area contributed by atoms with E-state index < -0.39 is 0 Å². The average molecular weight is 409 g/mol. The van der Waals surface area contributed by atoms with Crippen molar-refractivity contribution in [3.05, 3.63) is 65.5 Å². The van der Waals surface area contributed by atoms with Gasteiger partial charge in [-0.2, -0.15) is 0 Å². The van der Waals surface area contributed by atoms with Crippen LogP contribution in [-0.2, 0) is 22.7 Å². The van der Waals surface area contributed by atoms with Gasteiger partial charge in [0, 0.05) is 50.9 Å². The topological polar surface area (TPSA) is 74.3 Å². The van der Waals surface area contributed by atoms with Crippen LogP contribution in [0.5, 0.6) is 0 Å². The number of benzene rings is 1. The first kappa shape index (κ1) is 22.0. The van der Waals surface area contributed by atoms with Gasteiger partial charge in [0.05, 0.1) is 0 Å². The summed E-state index contributed by atoms with van der Waals surface area (Å²) in [5, 5.41) is 6.08. The first-order valence-corrected chi connectivity index (χ1v) is 10.8. The van der Waals surface area contributed by atoms with Crippen LogP contribution in [0.15, 0.2) is 48.8 Å². The SMILES string of the molecule is Cc1ccccc1CNC(=O)C1CCCN(Cc2ccncc2)CCC(=O)NCC1. The molecule has 1 atom stereocenters. The molecule has 6 nitrogen and oxygen atoms in total. The molecular formula is C24H32N4O2. The fourth-order valence-electron chi connectivity index (χ4n) is 3.85. The molecule has 0 spiro atoms. The van der Waals surface area contributed by atoms with E-state index in [0.29, 0.717) is 25.9 Å². The molecule has 2 amide bonds. The van der Waals surface area contributed by atoms with E-state index in [1.165, 1.54) is 11.1 Å². The van der Waals surface area contributed by atoms with E-state index in [4.69, 9.17) is 0 Å². The van der Waals surface area contributed by atoms with Crippen LogP contribution < -0.4 is 10.6 Å². The monoisotopic (exact) mass is 408 g/mol. The van der Waals surface area contributed by atoms with Gasteiger partial charge in [-0.1, -0.05) is 24.3 Å². The molecule has 0 bridgehead atoms. The molecule has 160 valence electrons. The zero-order chi connectivity index (χ0) is 21.2. The smallest absolute Gasteiger partial charge is 0.223 e. The summed E-state index contributed by atoms with van der Waals surface area (Å²) in [7, 11) is 0. The van der Waals surface area contributed by atoms with Crippen molar-refractivity contribution in [3.8, 4) is 0 Å². The highest BCUT2D eigenvalue weighted by atomic mass is 16.2. The van der Waals surface area contributed by atoms with E-state index in [1.54, 1.807) is 12.4 Å². The maximum Gasteiger partial charge on any atom is 0.223 e. The van der Waals surface area contributed by atoms with Crippen molar-refractivity contribution in [2.75, 3.05) is 19.6 Å². The van der Waals surface area contributed by atoms with Crippen LogP contribution in [0.25, 0.3) is 0 Å². The lowest BCUT2D eigenvalue weighted by Gasteiger charge is -2.22. The maximum absolute atomic E-state index is 12.8. The molecule has 0 aliphatic carbocycles. The van der Waals surface area contributed by atoms with Gasteiger partial charge < -0.3 is 10.6 Å². The number of hydrogen-bond acceptors (Lipinski definition) is 4. The summed E-state index contributed by atoms with van der Waals surface area (Å²) in [6, 6.07) is 12.1. The molecule has 1 aliphatic rings. The predicted molar refractivity (Wildman–Crippen MR) is 118 cm³/mol. The molecule has 1 aromatic heterocycles. The van der Waals surface area contributed by atoms with E-state index in [9.17, 15) is 9.59 Å². The number of amides is 2. The Morgan fingerprint density at radius 2 is 1.97 bits per heavy atom. The largest absolute Gasteiger partial charge is 0.356 e. The lowest BCUT2D eigenvalue weighted by Crippen LogP contribution is -2.33. The predicted octanol–water partition coefficient (Wildman–Crippen LogP) is 2.81. The minimum atomic E-state index is -0.0878. The van der Waals surface area contributed by atoms with Crippen LogP contribution in [0.1, 0.15) is 42.4 Å². The van der Waals surface area contributed by atoms with Crippen molar-refractivity contribution >= 4 is 11.8 Å². The van der Waals surface area contributed by atoms with Crippen LogP contribution >= 0.6 is 0 Å². The number of aryl methyl sites for hydroxylation is 1. The van der Waals surface area contributed by atoms with E-state index in [1.807, 2.05) is 30.3 Å². The zero-order valence-electron chi connectivity index (χ0n) is 17.8. The summed E-state index contributed by atoms with van der Waals surface area (Å²) >= 11 is 0. The third-order valence-electron chi connectivity index (χ3n) is 5.74. The minimum absolute atomic E-state index is 0.0516. The summed E-state index contributed by atoms with van der Waals surface area (Å²) in [5.41, 5.74) is 3.51. The van der Waals surface area contributed by atoms with E-state index in [0.717, 1.165) is 38.0 Å². The van der Waals surface area contributed by atoms with Gasteiger partial charge in [0.15, 0.2) is 0 Å². The molecule has 1 aromatic carbocycles. The van der Waals surface area contributed by atoms with Gasteiger partial charge >= 0.3 is 0 Å². The molecule has 3 rings (SSSR count). The Morgan fingerprint density at radius 3 is 2.77 bits per heavy atom. The highest BCUT2D eigenvalue weighted by Gasteiger charge is 2.20. The van der Waals surface area contributed by atoms with Crippen LogP contribution in [0, 0.1) is 12.8 Å². The molecular weight excluding hydrogens is 376 g/mol. The summed E-state index contributed by atoms with van der Waals surface area (Å²) < 4.78 is 0. The van der Waals surface area contributed by atoms with E-state index in [2.05, 4.69) is 33.5 Å². The van der Waals surface area contributed by atoms with Crippen molar-refractivity contribution in [2.45, 2.75) is 45.7 Å². The Bertz CT molecular complexity index is 825. The number of nitrogens with one attached hydrogen (secondary N) is 2. The Labute approximate surface area is 179 Å². The van der Waals surface area contributed by atoms with E-state index >= 15 is 0 Å². The van der Waals surface area contributed by atoms with Crippen molar-refractivity contribution in [1.29, 1.82) is 0 Å². The van der Waals surface area contributed by atoms with Gasteiger partial charge in [-0.3, -0.25) is 19.5 Å². The summed E-state index contributed by atoms with van der Waals surface area (Å²) in [6.07, 6.45) is 6.50. The third kappa shape index (κ3) is 6.95. The second-order valence-electron chi connectivity index (χ2n) is 8.00. The van der Waals surface area contributed by atoms with Crippen LogP contribution in [0.3, 0.4) is 0 Å². The molecule has 1 unspecified atom stereocenters. The number of aromatic nitrogens is 1. The second-order valence-corrected chi connectivity index (χ2v) is 8.00. The molecule has 1 aliphatic heterocycles. The Hall–Kier alpha value is -2.73. The van der Waals surface area contributed by atoms with Gasteiger partial charge in [-0.15, -0.1) is 0 Å². The standard InChI is InChI=1S/C24H32N4O2/c1-19-5-2-3-6-22(19)17-27-24(30)21-7-4-15-28(16-11-23(29)26-14-10-21)18-20-8-12-25-13-9-20/h2-3,5-6,8-9,12-13,21H,4,7,10-11,14-18H2,1H3,(H,26,29)(H,27,30). The Morgan fingerprint density at radius 1 is 1.17 bits per heavy atom. The molecule has 1 fully saturated rings. The summed E-state index contributed by atoms with van der Waals surface area (Å²) in [5.74, 6) is 0.0401. The van der Waals surface area contributed by atoms with Crippen LogP contribution in [0.4, 0.5) is 0 Å². The van der Waals surface area contributed by atoms with Crippen molar-refractivity contribution < 1.29 is 9.59 Å². The molecule has 1 saturated heterocycles. The lowest BCUT2D eigenvalue weighted by atomic mass is 9.97. The van der Waals surface area contributed by atoms with E-state index in [-0.39, 0.29) is 17.7 Å². The Kier molecular flexibility index (Phi) is 8.39. The highest BCUT2D eigenvalue weighted by Crippen LogP contribution is 2.15. The number of hydrogen-bond donors (Lipinski definition) is 2. The number of carbonyl (C=O) groups is 2. The quantitative estimate of drug-likeness (QED) is 0.798. The molecule has 0 saturated carbocycles. The molecule has 2 heterocycles. The molecule has 30 heavy (non-hydrogen) atoms. The van der Waals surface area contributed by atoms with Gasteiger partial charge in [-0.05, 0) is 61.6 Å². The van der Waals surface area contributed by atoms with Crippen LogP contribution in [-0.4, -0.2) is 41.3 Å². The maximum atomic E-state index is 12.8. The van der Waals surface area contributed by atoms with Crippen molar-refractivity contribution in [3.63, 3.8) is 0 Å². The van der Waals surface area contributed by atoms with Crippen LogP contribution in [0.2, 0.25) is 0 Å². The number of carbonyl (C=O) groups excluding carboxylic acids is 2. The molecule has 2 N–H and O–H groups in total. The number of rotatable bonds is 5. The number of nitrogens with zero attached hydrogens (tertiary/aromatic N) is 2. The Balaban J connectivity index is 1.57. The summed E-state index contributed by atoms with van der Waals surface area (Å²) in [6.45, 7) is 5.53. The lowest BCUT2D eigenvalue weighted by molar-refractivity contribution is -0.126. The van der Waals surface area contributed by atoms with Gasteiger partial charge in [0.2, 0.25) is 11.8 Å². The van der Waals surface area contributed by atoms with Gasteiger partial charge in [-0.25, -0.2) is 0 Å². The zero-order valence-corrected chi connectivity index (χ0v) is 17.8. The van der Waals surface area contributed by atoms with Crippen molar-refractivity contribution in [2.24, 2.45) is 5.92 Å². The number of pyridine rings is 1. The fraction of sp³-hybridized carbons (Fsp3) is 0.458. The highest BCUT2D eigenvalue weighted by molar-refractivity contribution is 5.79. The molecule has 6 heteroatoms. The normalized spacial score (nSPS) is 18.8. The third-order valence-corrected chi connectivity index (χ3v) is 5.74. The second kappa shape index (κ2) is 11.5.